The molecule has 2 heteroatoms. The molecule has 0 amide bonds. The van der Waals surface area contributed by atoms with Crippen molar-refractivity contribution >= 4 is 6.29 Å². The van der Waals surface area contributed by atoms with Gasteiger partial charge in [-0.3, -0.25) is 0 Å². The summed E-state index contributed by atoms with van der Waals surface area (Å²) in [6.45, 7) is 2.93. The predicted molar refractivity (Wildman–Crippen MR) is 45.5 cm³/mol. The van der Waals surface area contributed by atoms with Crippen molar-refractivity contribution in [3.8, 4) is 0 Å². The van der Waals surface area contributed by atoms with Crippen molar-refractivity contribution in [3.63, 3.8) is 0 Å². The first-order chi connectivity index (χ1) is 5.83. The van der Waals surface area contributed by atoms with Crippen molar-refractivity contribution in [3.05, 3.63) is 11.3 Å². The standard InChI is InChI=1S/C10H14O2/c1-7-2-3-8(6-11)9-4-5-12-10(7)9/h6,8-9H,2-5H2,1H3. The molecule has 0 saturated carbocycles. The summed E-state index contributed by atoms with van der Waals surface area (Å²) in [5.41, 5.74) is 1.36. The first kappa shape index (κ1) is 7.84. The van der Waals surface area contributed by atoms with Crippen molar-refractivity contribution < 1.29 is 9.53 Å². The highest BCUT2D eigenvalue weighted by molar-refractivity contribution is 5.56. The fraction of sp³-hybridized carbons (Fsp3) is 0.700. The number of carbonyl (C=O) groups excluding carboxylic acids is 1. The van der Waals surface area contributed by atoms with E-state index in [9.17, 15) is 4.79 Å². The molecule has 1 aliphatic heterocycles. The monoisotopic (exact) mass is 166 g/mol. The molecule has 0 spiro atoms. The van der Waals surface area contributed by atoms with E-state index in [1.165, 1.54) is 5.57 Å². The van der Waals surface area contributed by atoms with Gasteiger partial charge in [-0.2, -0.15) is 0 Å². The van der Waals surface area contributed by atoms with E-state index in [1.807, 2.05) is 0 Å². The molecule has 2 aliphatic rings. The van der Waals surface area contributed by atoms with Crippen molar-refractivity contribution in [1.82, 2.24) is 0 Å². The number of carbonyl (C=O) groups is 1. The number of aldehydes is 1. The quantitative estimate of drug-likeness (QED) is 0.556. The second kappa shape index (κ2) is 2.92. The van der Waals surface area contributed by atoms with Crippen LogP contribution in [0.2, 0.25) is 0 Å². The lowest BCUT2D eigenvalue weighted by Gasteiger charge is -2.24. The van der Waals surface area contributed by atoms with E-state index in [2.05, 4.69) is 6.92 Å². The number of ether oxygens (including phenoxy) is 1. The lowest BCUT2D eigenvalue weighted by molar-refractivity contribution is -0.112. The summed E-state index contributed by atoms with van der Waals surface area (Å²) in [5.74, 6) is 1.76. The van der Waals surface area contributed by atoms with Gasteiger partial charge in [0, 0.05) is 11.8 Å². The molecular formula is C10H14O2. The molecule has 0 bridgehead atoms. The topological polar surface area (TPSA) is 26.3 Å². The molecule has 66 valence electrons. The van der Waals surface area contributed by atoms with Crippen LogP contribution in [-0.2, 0) is 9.53 Å². The molecule has 1 heterocycles. The summed E-state index contributed by atoms with van der Waals surface area (Å²) in [4.78, 5) is 10.7. The first-order valence-electron chi connectivity index (χ1n) is 4.60. The van der Waals surface area contributed by atoms with Crippen molar-refractivity contribution in [1.29, 1.82) is 0 Å². The zero-order chi connectivity index (χ0) is 8.55. The second-order valence-electron chi connectivity index (χ2n) is 3.73. The third-order valence-corrected chi connectivity index (χ3v) is 2.99. The Hall–Kier alpha value is -0.790. The highest BCUT2D eigenvalue weighted by atomic mass is 16.5. The normalized spacial score (nSPS) is 34.4. The Bertz CT molecular complexity index is 230. The summed E-state index contributed by atoms with van der Waals surface area (Å²) < 4.78 is 5.52. The highest BCUT2D eigenvalue weighted by Crippen LogP contribution is 2.40. The van der Waals surface area contributed by atoms with E-state index >= 15 is 0 Å². The number of rotatable bonds is 1. The molecule has 1 saturated heterocycles. The van der Waals surface area contributed by atoms with Crippen molar-refractivity contribution in [2.24, 2.45) is 11.8 Å². The van der Waals surface area contributed by atoms with Gasteiger partial charge >= 0.3 is 0 Å². The fourth-order valence-corrected chi connectivity index (χ4v) is 2.25. The van der Waals surface area contributed by atoms with Gasteiger partial charge in [0.05, 0.1) is 12.4 Å². The average molecular weight is 166 g/mol. The number of hydrogen-bond acceptors (Lipinski definition) is 2. The fourth-order valence-electron chi connectivity index (χ4n) is 2.25. The van der Waals surface area contributed by atoms with Gasteiger partial charge in [-0.25, -0.2) is 0 Å². The van der Waals surface area contributed by atoms with E-state index in [0.29, 0.717) is 5.92 Å². The maximum absolute atomic E-state index is 10.7. The first-order valence-corrected chi connectivity index (χ1v) is 4.60. The summed E-state index contributed by atoms with van der Waals surface area (Å²) in [6, 6.07) is 0. The maximum atomic E-state index is 10.7. The van der Waals surface area contributed by atoms with Crippen LogP contribution in [0.1, 0.15) is 26.2 Å². The smallest absolute Gasteiger partial charge is 0.123 e. The van der Waals surface area contributed by atoms with Crippen molar-refractivity contribution in [2.75, 3.05) is 6.61 Å². The van der Waals surface area contributed by atoms with Gasteiger partial charge in [-0.1, -0.05) is 0 Å². The lowest BCUT2D eigenvalue weighted by atomic mass is 9.80. The molecule has 2 unspecified atom stereocenters. The summed E-state index contributed by atoms with van der Waals surface area (Å²) >= 11 is 0. The van der Waals surface area contributed by atoms with Crippen LogP contribution in [0.25, 0.3) is 0 Å². The van der Waals surface area contributed by atoms with Crippen molar-refractivity contribution in [2.45, 2.75) is 26.2 Å². The molecule has 1 fully saturated rings. The molecule has 0 aromatic carbocycles. The summed E-state index contributed by atoms with van der Waals surface area (Å²) in [6.07, 6.45) is 4.20. The van der Waals surface area contributed by atoms with E-state index in [1.54, 1.807) is 0 Å². The van der Waals surface area contributed by atoms with Crippen LogP contribution in [0.5, 0.6) is 0 Å². The van der Waals surface area contributed by atoms with E-state index in [-0.39, 0.29) is 5.92 Å². The Morgan fingerprint density at radius 3 is 3.08 bits per heavy atom. The van der Waals surface area contributed by atoms with E-state index < -0.39 is 0 Å². The summed E-state index contributed by atoms with van der Waals surface area (Å²) in [7, 11) is 0. The minimum absolute atomic E-state index is 0.228. The minimum Gasteiger partial charge on any atom is -0.498 e. The molecule has 1 aliphatic carbocycles. The van der Waals surface area contributed by atoms with Crippen LogP contribution in [0.15, 0.2) is 11.3 Å². The summed E-state index contributed by atoms with van der Waals surface area (Å²) in [5, 5.41) is 0. The molecule has 0 N–H and O–H groups in total. The van der Waals surface area contributed by atoms with Crippen LogP contribution >= 0.6 is 0 Å². The minimum atomic E-state index is 0.228. The Kier molecular flexibility index (Phi) is 1.91. The third-order valence-electron chi connectivity index (χ3n) is 2.99. The van der Waals surface area contributed by atoms with Crippen LogP contribution in [0.3, 0.4) is 0 Å². The van der Waals surface area contributed by atoms with Crippen LogP contribution in [-0.4, -0.2) is 12.9 Å². The SMILES string of the molecule is CC1=C2OCCC2C(C=O)CC1. The molecule has 2 atom stereocenters. The second-order valence-corrected chi connectivity index (χ2v) is 3.73. The lowest BCUT2D eigenvalue weighted by Crippen LogP contribution is -2.20. The molecule has 0 radical (unpaired) electrons. The molecule has 0 aromatic rings. The molecule has 2 nitrogen and oxygen atoms in total. The van der Waals surface area contributed by atoms with Gasteiger partial charge in [-0.05, 0) is 31.8 Å². The Morgan fingerprint density at radius 1 is 1.50 bits per heavy atom. The maximum Gasteiger partial charge on any atom is 0.123 e. The molecule has 2 rings (SSSR count). The number of allylic oxidation sites excluding steroid dienone is 2. The van der Waals surface area contributed by atoms with Gasteiger partial charge in [0.1, 0.15) is 6.29 Å². The highest BCUT2D eigenvalue weighted by Gasteiger charge is 2.34. The van der Waals surface area contributed by atoms with Gasteiger partial charge in [0.15, 0.2) is 0 Å². The average Bonchev–Trinajstić information content (AvgIpc) is 2.54. The van der Waals surface area contributed by atoms with Gasteiger partial charge in [-0.15, -0.1) is 0 Å². The molecule has 12 heavy (non-hydrogen) atoms. The van der Waals surface area contributed by atoms with E-state index in [0.717, 1.165) is 37.9 Å². The number of hydrogen-bond donors (Lipinski definition) is 0. The van der Waals surface area contributed by atoms with Gasteiger partial charge in [0.25, 0.3) is 0 Å². The zero-order valence-electron chi connectivity index (χ0n) is 7.38. The van der Waals surface area contributed by atoms with Gasteiger partial charge < -0.3 is 9.53 Å². The van der Waals surface area contributed by atoms with Crippen LogP contribution < -0.4 is 0 Å². The van der Waals surface area contributed by atoms with Gasteiger partial charge in [0.2, 0.25) is 0 Å². The Morgan fingerprint density at radius 2 is 2.33 bits per heavy atom. The Balaban J connectivity index is 2.27. The molecular weight excluding hydrogens is 152 g/mol. The number of fused-ring (bicyclic) bond motifs is 1. The largest absolute Gasteiger partial charge is 0.498 e. The Labute approximate surface area is 72.6 Å². The van der Waals surface area contributed by atoms with E-state index in [4.69, 9.17) is 4.74 Å². The third kappa shape index (κ3) is 1.06. The van der Waals surface area contributed by atoms with Crippen LogP contribution in [0, 0.1) is 11.8 Å². The van der Waals surface area contributed by atoms with Crippen LogP contribution in [0.4, 0.5) is 0 Å². The molecule has 0 aromatic heterocycles. The zero-order valence-corrected chi connectivity index (χ0v) is 7.38. The predicted octanol–water partition coefficient (Wildman–Crippen LogP) is 1.91.